The molecule has 8 heteroatoms. The minimum atomic E-state index is -0.353. The van der Waals surface area contributed by atoms with Crippen molar-refractivity contribution in [1.29, 1.82) is 0 Å². The molecule has 2 aromatic rings. The Bertz CT molecular complexity index is 690. The topological polar surface area (TPSA) is 84.0 Å². The number of unbranched alkanes of at least 4 members (excludes halogenated alkanes) is 1. The number of carbonyl (C=O) groups excluding carboxylic acids is 2. The van der Waals surface area contributed by atoms with Crippen LogP contribution in [-0.4, -0.2) is 22.0 Å². The largest absolute Gasteiger partial charge is 0.350 e. The molecular formula is C15H17ClN4O2S. The summed E-state index contributed by atoms with van der Waals surface area (Å²) >= 11 is 7.02. The lowest BCUT2D eigenvalue weighted by molar-refractivity contribution is -0.121. The van der Waals surface area contributed by atoms with Crippen LogP contribution in [0.1, 0.15) is 41.0 Å². The summed E-state index contributed by atoms with van der Waals surface area (Å²) in [6, 6.07) is 6.85. The lowest BCUT2D eigenvalue weighted by atomic mass is 10.2. The van der Waals surface area contributed by atoms with Gasteiger partial charge in [-0.1, -0.05) is 42.3 Å². The summed E-state index contributed by atoms with van der Waals surface area (Å²) < 4.78 is 0. The maximum atomic E-state index is 12.1. The van der Waals surface area contributed by atoms with Crippen LogP contribution in [0.4, 0.5) is 5.69 Å². The first-order valence-corrected chi connectivity index (χ1v) is 8.44. The third-order valence-corrected chi connectivity index (χ3v) is 4.09. The van der Waals surface area contributed by atoms with Gasteiger partial charge in [-0.25, -0.2) is 0 Å². The van der Waals surface area contributed by atoms with Gasteiger partial charge < -0.3 is 10.6 Å². The van der Waals surface area contributed by atoms with Crippen LogP contribution in [0.25, 0.3) is 0 Å². The quantitative estimate of drug-likeness (QED) is 0.801. The first kappa shape index (κ1) is 17.4. The molecule has 2 N–H and O–H groups in total. The van der Waals surface area contributed by atoms with Crippen molar-refractivity contribution >= 4 is 40.4 Å². The van der Waals surface area contributed by atoms with Gasteiger partial charge in [0.1, 0.15) is 5.01 Å². The number of carbonyl (C=O) groups is 2. The molecule has 0 bridgehead atoms. The van der Waals surface area contributed by atoms with Crippen LogP contribution in [0.2, 0.25) is 5.02 Å². The summed E-state index contributed by atoms with van der Waals surface area (Å²) in [6.45, 7) is 2.31. The second-order valence-corrected chi connectivity index (χ2v) is 6.34. The van der Waals surface area contributed by atoms with E-state index in [1.165, 1.54) is 0 Å². The van der Waals surface area contributed by atoms with Gasteiger partial charge in [0.05, 0.1) is 6.54 Å². The molecule has 0 fully saturated rings. The van der Waals surface area contributed by atoms with Crippen LogP contribution in [-0.2, 0) is 11.3 Å². The van der Waals surface area contributed by atoms with E-state index < -0.39 is 0 Å². The monoisotopic (exact) mass is 352 g/mol. The second-order valence-electron chi connectivity index (χ2n) is 4.85. The first-order valence-electron chi connectivity index (χ1n) is 7.24. The molecule has 1 heterocycles. The zero-order chi connectivity index (χ0) is 16.7. The number of rotatable bonds is 7. The molecule has 1 aromatic carbocycles. The van der Waals surface area contributed by atoms with Gasteiger partial charge in [-0.3, -0.25) is 9.59 Å². The van der Waals surface area contributed by atoms with Crippen molar-refractivity contribution in [3.63, 3.8) is 0 Å². The Labute approximate surface area is 143 Å². The molecule has 0 aliphatic carbocycles. The molecule has 0 spiro atoms. The van der Waals surface area contributed by atoms with E-state index in [1.807, 2.05) is 6.92 Å². The Morgan fingerprint density at radius 2 is 2.13 bits per heavy atom. The fourth-order valence-corrected chi connectivity index (χ4v) is 2.63. The van der Waals surface area contributed by atoms with Gasteiger partial charge in [0.15, 0.2) is 0 Å². The highest BCUT2D eigenvalue weighted by atomic mass is 35.5. The average molecular weight is 353 g/mol. The Morgan fingerprint density at radius 3 is 2.87 bits per heavy atom. The van der Waals surface area contributed by atoms with Crippen LogP contribution in [0.3, 0.4) is 0 Å². The van der Waals surface area contributed by atoms with E-state index in [1.54, 1.807) is 24.3 Å². The number of nitrogens with zero attached hydrogens (tertiary/aromatic N) is 2. The van der Waals surface area contributed by atoms with Gasteiger partial charge >= 0.3 is 0 Å². The summed E-state index contributed by atoms with van der Waals surface area (Å²) in [7, 11) is 0. The van der Waals surface area contributed by atoms with Crippen molar-refractivity contribution in [3.8, 4) is 0 Å². The van der Waals surface area contributed by atoms with E-state index in [0.717, 1.165) is 24.2 Å². The number of hydrogen-bond donors (Lipinski definition) is 2. The van der Waals surface area contributed by atoms with Gasteiger partial charge in [-0.15, -0.1) is 10.2 Å². The molecule has 1 aromatic heterocycles. The lowest BCUT2D eigenvalue weighted by Gasteiger charge is -2.02. The van der Waals surface area contributed by atoms with Gasteiger partial charge in [0, 0.05) is 17.1 Å². The van der Waals surface area contributed by atoms with Crippen molar-refractivity contribution in [2.45, 2.75) is 32.7 Å². The first-order chi connectivity index (χ1) is 11.1. The summed E-state index contributed by atoms with van der Waals surface area (Å²) in [4.78, 5) is 23.6. The normalized spacial score (nSPS) is 10.3. The molecule has 122 valence electrons. The maximum absolute atomic E-state index is 12.1. The van der Waals surface area contributed by atoms with Gasteiger partial charge in [0.25, 0.3) is 5.91 Å². The molecule has 0 saturated heterocycles. The summed E-state index contributed by atoms with van der Waals surface area (Å²) in [5.74, 6) is -0.375. The van der Waals surface area contributed by atoms with Crippen LogP contribution in [0.5, 0.6) is 0 Å². The molecule has 0 radical (unpaired) electrons. The predicted octanol–water partition coefficient (Wildman–Crippen LogP) is 3.25. The highest BCUT2D eigenvalue weighted by Gasteiger charge is 2.13. The maximum Gasteiger partial charge on any atom is 0.286 e. The highest BCUT2D eigenvalue weighted by Crippen LogP contribution is 2.17. The molecule has 2 rings (SSSR count). The van der Waals surface area contributed by atoms with Crippen molar-refractivity contribution in [2.75, 3.05) is 5.32 Å². The van der Waals surface area contributed by atoms with E-state index in [0.29, 0.717) is 22.1 Å². The Kier molecular flexibility index (Phi) is 6.49. The van der Waals surface area contributed by atoms with E-state index >= 15 is 0 Å². The predicted molar refractivity (Wildman–Crippen MR) is 90.7 cm³/mol. The fourth-order valence-electron chi connectivity index (χ4n) is 1.77. The van der Waals surface area contributed by atoms with E-state index in [2.05, 4.69) is 20.8 Å². The number of aromatic nitrogens is 2. The molecule has 0 saturated carbocycles. The molecule has 6 nitrogen and oxygen atoms in total. The second kappa shape index (κ2) is 8.59. The third-order valence-electron chi connectivity index (χ3n) is 2.94. The van der Waals surface area contributed by atoms with Gasteiger partial charge in [-0.2, -0.15) is 0 Å². The Balaban J connectivity index is 1.88. The Morgan fingerprint density at radius 1 is 1.30 bits per heavy atom. The van der Waals surface area contributed by atoms with Crippen LogP contribution in [0.15, 0.2) is 24.3 Å². The minimum absolute atomic E-state index is 0.0213. The average Bonchev–Trinajstić information content (AvgIpc) is 3.00. The van der Waals surface area contributed by atoms with Crippen molar-refractivity contribution in [2.24, 2.45) is 0 Å². The highest BCUT2D eigenvalue weighted by molar-refractivity contribution is 7.13. The van der Waals surface area contributed by atoms with E-state index in [9.17, 15) is 9.59 Å². The molecule has 0 atom stereocenters. The fraction of sp³-hybridized carbons (Fsp3) is 0.333. The zero-order valence-electron chi connectivity index (χ0n) is 12.6. The summed E-state index contributed by atoms with van der Waals surface area (Å²) in [6.07, 6.45) is 2.33. The Hall–Kier alpha value is -1.99. The van der Waals surface area contributed by atoms with E-state index in [-0.39, 0.29) is 23.4 Å². The van der Waals surface area contributed by atoms with Gasteiger partial charge in [0.2, 0.25) is 10.9 Å². The van der Waals surface area contributed by atoms with Crippen molar-refractivity contribution in [3.05, 3.63) is 39.3 Å². The third kappa shape index (κ3) is 5.61. The molecule has 0 aliphatic heterocycles. The van der Waals surface area contributed by atoms with Crippen molar-refractivity contribution in [1.82, 2.24) is 15.5 Å². The molecule has 2 amide bonds. The number of halogens is 1. The van der Waals surface area contributed by atoms with Crippen molar-refractivity contribution < 1.29 is 9.59 Å². The molecule has 0 unspecified atom stereocenters. The molecule has 0 aliphatic rings. The minimum Gasteiger partial charge on any atom is -0.350 e. The number of anilines is 1. The summed E-state index contributed by atoms with van der Waals surface area (Å²) in [5, 5.41) is 14.6. The smallest absolute Gasteiger partial charge is 0.286 e. The summed E-state index contributed by atoms with van der Waals surface area (Å²) in [5.41, 5.74) is 0.590. The lowest BCUT2D eigenvalue weighted by Crippen LogP contribution is -2.22. The SMILES string of the molecule is CCCCC(=O)NCc1nnc(C(=O)Nc2cccc(Cl)c2)s1. The number of benzene rings is 1. The standard InChI is InChI=1S/C15H17ClN4O2S/c1-2-3-7-12(21)17-9-13-19-20-15(23-13)14(22)18-11-6-4-5-10(16)8-11/h4-6,8H,2-3,7,9H2,1H3,(H,17,21)(H,18,22). The zero-order valence-corrected chi connectivity index (χ0v) is 14.2. The number of amides is 2. The van der Waals surface area contributed by atoms with Crippen LogP contribution in [0, 0.1) is 0 Å². The van der Waals surface area contributed by atoms with Crippen LogP contribution >= 0.6 is 22.9 Å². The number of hydrogen-bond acceptors (Lipinski definition) is 5. The van der Waals surface area contributed by atoms with Gasteiger partial charge in [-0.05, 0) is 24.6 Å². The van der Waals surface area contributed by atoms with Crippen LogP contribution < -0.4 is 10.6 Å². The molecule has 23 heavy (non-hydrogen) atoms. The van der Waals surface area contributed by atoms with E-state index in [4.69, 9.17) is 11.6 Å². The molecular weight excluding hydrogens is 336 g/mol. The number of nitrogens with one attached hydrogen (secondary N) is 2.